The number of nitrogens with zero attached hydrogens (tertiary/aromatic N) is 5. The van der Waals surface area contributed by atoms with Crippen LogP contribution in [-0.4, -0.2) is 51.4 Å². The third kappa shape index (κ3) is 4.65. The second-order valence-electron chi connectivity index (χ2n) is 9.74. The summed E-state index contributed by atoms with van der Waals surface area (Å²) in [5.41, 5.74) is 0.783. The molecule has 1 amide bonds. The van der Waals surface area contributed by atoms with Gasteiger partial charge in [0, 0.05) is 17.8 Å². The van der Waals surface area contributed by atoms with Crippen LogP contribution in [0.15, 0.2) is 49.8 Å². The molecule has 3 aromatic rings. The van der Waals surface area contributed by atoms with Gasteiger partial charge in [-0.25, -0.2) is 5.01 Å². The lowest BCUT2D eigenvalue weighted by molar-refractivity contribution is -0.134. The van der Waals surface area contributed by atoms with Crippen LogP contribution in [0.2, 0.25) is 0 Å². The maximum Gasteiger partial charge on any atom is 0.257 e. The van der Waals surface area contributed by atoms with Crippen LogP contribution in [0.3, 0.4) is 0 Å². The molecule has 1 saturated heterocycles. The number of rotatable bonds is 5. The van der Waals surface area contributed by atoms with Crippen LogP contribution >= 0.6 is 11.3 Å². The first-order chi connectivity index (χ1) is 15.9. The van der Waals surface area contributed by atoms with E-state index in [1.54, 1.807) is 22.6 Å². The average Bonchev–Trinajstić information content (AvgIpc) is 3.59. The quantitative estimate of drug-likeness (QED) is 0.546. The van der Waals surface area contributed by atoms with Crippen molar-refractivity contribution >= 4 is 23.0 Å². The molecular weight excluding hydrogens is 438 g/mol. The minimum atomic E-state index is -0.198. The van der Waals surface area contributed by atoms with E-state index >= 15 is 0 Å². The molecule has 0 saturated carbocycles. The van der Waals surface area contributed by atoms with E-state index in [0.717, 1.165) is 42.3 Å². The van der Waals surface area contributed by atoms with Gasteiger partial charge in [0.25, 0.3) is 5.91 Å². The van der Waals surface area contributed by atoms with Crippen LogP contribution in [0.4, 0.5) is 0 Å². The van der Waals surface area contributed by atoms with Crippen LogP contribution in [0.1, 0.15) is 74.4 Å². The molecule has 3 aromatic heterocycles. The first-order valence-electron chi connectivity index (χ1n) is 11.4. The highest BCUT2D eigenvalue weighted by molar-refractivity contribution is 7.12. The highest BCUT2D eigenvalue weighted by atomic mass is 32.1. The van der Waals surface area contributed by atoms with E-state index in [0.29, 0.717) is 24.7 Å². The number of amides is 1. The number of carbonyl (C=O) groups excluding carboxylic acids is 1. The molecule has 8 nitrogen and oxygen atoms in total. The second-order valence-corrected chi connectivity index (χ2v) is 10.7. The van der Waals surface area contributed by atoms with Gasteiger partial charge in [-0.2, -0.15) is 5.10 Å². The fraction of sp³-hybridized carbons (Fsp3) is 0.500. The molecule has 174 valence electrons. The molecule has 5 heterocycles. The van der Waals surface area contributed by atoms with Gasteiger partial charge in [-0.1, -0.05) is 26.8 Å². The number of carbonyl (C=O) groups is 1. The summed E-state index contributed by atoms with van der Waals surface area (Å²) >= 11 is 1.64. The number of furan rings is 1. The highest BCUT2D eigenvalue weighted by Gasteiger charge is 2.36. The van der Waals surface area contributed by atoms with Crippen molar-refractivity contribution in [1.29, 1.82) is 0 Å². The van der Waals surface area contributed by atoms with E-state index in [1.807, 2.05) is 29.6 Å². The van der Waals surface area contributed by atoms with Gasteiger partial charge in [0.15, 0.2) is 0 Å². The topological polar surface area (TPSA) is 88.0 Å². The van der Waals surface area contributed by atoms with Crippen LogP contribution in [0, 0.1) is 0 Å². The Morgan fingerprint density at radius 2 is 2.00 bits per heavy atom. The molecule has 0 bridgehead atoms. The Balaban J connectivity index is 1.23. The van der Waals surface area contributed by atoms with Gasteiger partial charge in [-0.05, 0) is 49.5 Å². The fourth-order valence-electron chi connectivity index (χ4n) is 4.34. The molecule has 1 fully saturated rings. The van der Waals surface area contributed by atoms with Crippen molar-refractivity contribution in [3.8, 4) is 0 Å². The number of hydrogen-bond acceptors (Lipinski definition) is 8. The molecule has 0 spiro atoms. The van der Waals surface area contributed by atoms with E-state index < -0.39 is 0 Å². The summed E-state index contributed by atoms with van der Waals surface area (Å²) in [6.07, 6.45) is 4.10. The molecule has 0 aromatic carbocycles. The molecule has 2 aliphatic heterocycles. The molecule has 1 atom stereocenters. The van der Waals surface area contributed by atoms with Gasteiger partial charge < -0.3 is 8.83 Å². The van der Waals surface area contributed by atoms with Gasteiger partial charge >= 0.3 is 0 Å². The lowest BCUT2D eigenvalue weighted by atomic mass is 9.96. The summed E-state index contributed by atoms with van der Waals surface area (Å²) < 4.78 is 11.6. The summed E-state index contributed by atoms with van der Waals surface area (Å²) in [5.74, 6) is 2.39. The van der Waals surface area contributed by atoms with E-state index in [9.17, 15) is 4.79 Å². The first kappa shape index (κ1) is 22.0. The zero-order valence-corrected chi connectivity index (χ0v) is 20.0. The number of hydrogen-bond donors (Lipinski definition) is 0. The third-order valence-electron chi connectivity index (χ3n) is 6.22. The normalized spacial score (nSPS) is 20.4. The van der Waals surface area contributed by atoms with Gasteiger partial charge in [-0.15, -0.1) is 21.5 Å². The van der Waals surface area contributed by atoms with Crippen LogP contribution < -0.4 is 0 Å². The van der Waals surface area contributed by atoms with Gasteiger partial charge in [-0.3, -0.25) is 9.69 Å². The number of piperidine rings is 1. The van der Waals surface area contributed by atoms with Crippen molar-refractivity contribution in [3.05, 3.63) is 58.3 Å². The third-order valence-corrected chi connectivity index (χ3v) is 7.14. The minimum Gasteiger partial charge on any atom is -0.467 e. The molecule has 0 unspecified atom stereocenters. The first-order valence-corrected chi connectivity index (χ1v) is 12.3. The van der Waals surface area contributed by atoms with Crippen molar-refractivity contribution in [1.82, 2.24) is 20.1 Å². The van der Waals surface area contributed by atoms with Crippen LogP contribution in [0.25, 0.3) is 0 Å². The van der Waals surface area contributed by atoms with Crippen molar-refractivity contribution in [2.75, 3.05) is 19.6 Å². The van der Waals surface area contributed by atoms with Crippen molar-refractivity contribution in [2.24, 2.45) is 5.10 Å². The zero-order valence-electron chi connectivity index (χ0n) is 19.2. The standard InChI is InChI=1S/C24H29N5O3S/c1-24(2,3)23-26-25-22(32-23)16-8-10-28(11-9-16)15-21(30)29-18(19-6-4-12-31-19)14-17(27-29)20-7-5-13-33-20/h4-7,12-13,16,18H,8-11,14-15H2,1-3H3/t18-/m1/s1. The SMILES string of the molecule is CC(C)(C)c1nnc(C2CCN(CC(=O)N3N=C(c4cccs4)C[C@@H]3c3ccco3)CC2)o1. The molecule has 0 radical (unpaired) electrons. The molecule has 33 heavy (non-hydrogen) atoms. The van der Waals surface area contributed by atoms with E-state index in [4.69, 9.17) is 13.9 Å². The Morgan fingerprint density at radius 1 is 1.18 bits per heavy atom. The van der Waals surface area contributed by atoms with Gasteiger partial charge in [0.1, 0.15) is 11.8 Å². The number of thiophene rings is 1. The fourth-order valence-corrected chi connectivity index (χ4v) is 5.06. The number of aromatic nitrogens is 2. The molecular formula is C24H29N5O3S. The molecule has 2 aliphatic rings. The zero-order chi connectivity index (χ0) is 23.0. The maximum absolute atomic E-state index is 13.3. The second kappa shape index (κ2) is 8.87. The monoisotopic (exact) mass is 467 g/mol. The number of hydrazone groups is 1. The maximum atomic E-state index is 13.3. The number of likely N-dealkylation sites (tertiary alicyclic amines) is 1. The van der Waals surface area contributed by atoms with Crippen LogP contribution in [0.5, 0.6) is 0 Å². The summed E-state index contributed by atoms with van der Waals surface area (Å²) in [5, 5.41) is 16.9. The van der Waals surface area contributed by atoms with Crippen molar-refractivity contribution < 1.29 is 13.6 Å². The van der Waals surface area contributed by atoms with Gasteiger partial charge in [0.2, 0.25) is 11.8 Å². The van der Waals surface area contributed by atoms with Crippen molar-refractivity contribution in [3.63, 3.8) is 0 Å². The average molecular weight is 468 g/mol. The predicted octanol–water partition coefficient (Wildman–Crippen LogP) is 4.58. The van der Waals surface area contributed by atoms with E-state index in [1.165, 1.54) is 0 Å². The Kier molecular flexibility index (Phi) is 5.92. The highest BCUT2D eigenvalue weighted by Crippen LogP contribution is 2.35. The summed E-state index contributed by atoms with van der Waals surface area (Å²) in [6.45, 7) is 8.16. The summed E-state index contributed by atoms with van der Waals surface area (Å²) in [7, 11) is 0. The van der Waals surface area contributed by atoms with E-state index in [2.05, 4.69) is 35.9 Å². The Morgan fingerprint density at radius 3 is 2.64 bits per heavy atom. The minimum absolute atomic E-state index is 0.00536. The molecule has 0 aliphatic carbocycles. The smallest absolute Gasteiger partial charge is 0.257 e. The lowest BCUT2D eigenvalue weighted by Gasteiger charge is -2.31. The van der Waals surface area contributed by atoms with Crippen molar-refractivity contribution in [2.45, 2.75) is 57.4 Å². The molecule has 5 rings (SSSR count). The Labute approximate surface area is 197 Å². The Hall–Kier alpha value is -2.78. The summed E-state index contributed by atoms with van der Waals surface area (Å²) in [6, 6.07) is 7.63. The summed E-state index contributed by atoms with van der Waals surface area (Å²) in [4.78, 5) is 16.6. The van der Waals surface area contributed by atoms with Gasteiger partial charge in [0.05, 0.1) is 23.4 Å². The van der Waals surface area contributed by atoms with Crippen LogP contribution in [-0.2, 0) is 10.2 Å². The Bertz CT molecular complexity index is 1110. The largest absolute Gasteiger partial charge is 0.467 e. The predicted molar refractivity (Wildman–Crippen MR) is 125 cm³/mol. The van der Waals surface area contributed by atoms with E-state index in [-0.39, 0.29) is 23.3 Å². The molecule has 0 N–H and O–H groups in total. The molecule has 9 heteroatoms. The lowest BCUT2D eigenvalue weighted by Crippen LogP contribution is -2.41.